The lowest BCUT2D eigenvalue weighted by atomic mass is 10.1. The maximum absolute atomic E-state index is 12.4. The molecule has 0 saturated heterocycles. The van der Waals surface area contributed by atoms with Gasteiger partial charge in [-0.15, -0.1) is 0 Å². The number of unbranched alkanes of at least 4 members (excludes halogenated alkanes) is 1. The molecule has 3 heterocycles. The van der Waals surface area contributed by atoms with Crippen molar-refractivity contribution in [3.8, 4) is 17.0 Å². The molecule has 8 heteroatoms. The standard InChI is InChI=1S/C26H23BrN4O3/c27-19-11-14-31-24(16-20(30-25(19)31)18-8-2-3-9-21(18)32)28-12-5-6-13-29-26(33)23-15-17-7-1-4-10-22(17)34-23/h1-4,7-11,14-16,28,32H,5-6,12-13H2,(H,29,33). The normalized spacial score (nSPS) is 11.2. The molecule has 7 nitrogen and oxygen atoms in total. The number of amides is 1. The van der Waals surface area contributed by atoms with Crippen LogP contribution in [0.15, 0.2) is 81.8 Å². The number of nitrogens with zero attached hydrogens (tertiary/aromatic N) is 2. The van der Waals surface area contributed by atoms with Crippen molar-refractivity contribution in [3.63, 3.8) is 0 Å². The number of aromatic nitrogens is 2. The van der Waals surface area contributed by atoms with Crippen LogP contribution in [0.4, 0.5) is 5.82 Å². The summed E-state index contributed by atoms with van der Waals surface area (Å²) >= 11 is 3.55. The van der Waals surface area contributed by atoms with Crippen LogP contribution < -0.4 is 10.6 Å². The molecular weight excluding hydrogens is 496 g/mol. The highest BCUT2D eigenvalue weighted by atomic mass is 79.9. The molecule has 0 spiro atoms. The molecule has 3 N–H and O–H groups in total. The lowest BCUT2D eigenvalue weighted by Gasteiger charge is -2.12. The van der Waals surface area contributed by atoms with Gasteiger partial charge in [-0.05, 0) is 59.1 Å². The number of aromatic hydroxyl groups is 1. The average Bonchev–Trinajstić information content (AvgIpc) is 3.45. The molecular formula is C26H23BrN4O3. The Morgan fingerprint density at radius 2 is 1.82 bits per heavy atom. The van der Waals surface area contributed by atoms with Gasteiger partial charge in [0.15, 0.2) is 11.4 Å². The lowest BCUT2D eigenvalue weighted by molar-refractivity contribution is 0.0927. The Morgan fingerprint density at radius 3 is 2.68 bits per heavy atom. The number of para-hydroxylation sites is 2. The summed E-state index contributed by atoms with van der Waals surface area (Å²) < 4.78 is 8.46. The van der Waals surface area contributed by atoms with Crippen molar-refractivity contribution in [2.24, 2.45) is 0 Å². The van der Waals surface area contributed by atoms with Crippen LogP contribution in [0.2, 0.25) is 0 Å². The van der Waals surface area contributed by atoms with Crippen LogP contribution >= 0.6 is 15.9 Å². The SMILES string of the molecule is O=C(NCCCCNc1cc(-c2ccccc2O)nc2c(Br)ccn12)c1cc2ccccc2o1. The molecule has 0 aliphatic heterocycles. The first kappa shape index (κ1) is 22.0. The van der Waals surface area contributed by atoms with E-state index in [9.17, 15) is 9.90 Å². The maximum Gasteiger partial charge on any atom is 0.287 e. The fraction of sp³-hybridized carbons (Fsp3) is 0.154. The van der Waals surface area contributed by atoms with Gasteiger partial charge in [-0.25, -0.2) is 4.98 Å². The minimum absolute atomic E-state index is 0.188. The molecule has 0 unspecified atom stereocenters. The number of rotatable bonds is 8. The van der Waals surface area contributed by atoms with Crippen molar-refractivity contribution in [3.05, 3.63) is 83.2 Å². The first-order valence-electron chi connectivity index (χ1n) is 11.1. The molecule has 1 amide bonds. The molecule has 0 atom stereocenters. The quantitative estimate of drug-likeness (QED) is 0.224. The highest BCUT2D eigenvalue weighted by molar-refractivity contribution is 9.10. The third kappa shape index (κ3) is 4.49. The summed E-state index contributed by atoms with van der Waals surface area (Å²) in [6.07, 6.45) is 3.62. The molecule has 0 aliphatic rings. The number of carbonyl (C=O) groups is 1. The number of hydrogen-bond acceptors (Lipinski definition) is 5. The number of anilines is 1. The Balaban J connectivity index is 1.19. The Morgan fingerprint density at radius 1 is 1.03 bits per heavy atom. The molecule has 3 aromatic heterocycles. The highest BCUT2D eigenvalue weighted by Crippen LogP contribution is 2.31. The molecule has 34 heavy (non-hydrogen) atoms. The molecule has 5 rings (SSSR count). The van der Waals surface area contributed by atoms with Crippen LogP contribution in [0, 0.1) is 0 Å². The van der Waals surface area contributed by atoms with Crippen LogP contribution in [0.25, 0.3) is 27.9 Å². The van der Waals surface area contributed by atoms with E-state index in [2.05, 4.69) is 26.6 Å². The number of furan rings is 1. The van der Waals surface area contributed by atoms with E-state index in [1.807, 2.05) is 59.1 Å². The van der Waals surface area contributed by atoms with Crippen molar-refractivity contribution in [2.75, 3.05) is 18.4 Å². The lowest BCUT2D eigenvalue weighted by Crippen LogP contribution is -2.24. The second-order valence-electron chi connectivity index (χ2n) is 7.94. The molecule has 0 fully saturated rings. The Kier molecular flexibility index (Phi) is 6.22. The van der Waals surface area contributed by atoms with Gasteiger partial charge < -0.3 is 20.2 Å². The number of phenols is 1. The van der Waals surface area contributed by atoms with E-state index in [0.29, 0.717) is 29.1 Å². The Labute approximate surface area is 204 Å². The number of fused-ring (bicyclic) bond motifs is 2. The van der Waals surface area contributed by atoms with Crippen molar-refractivity contribution in [1.82, 2.24) is 14.7 Å². The van der Waals surface area contributed by atoms with Crippen LogP contribution in [0.5, 0.6) is 5.75 Å². The zero-order valence-corrected chi connectivity index (χ0v) is 19.9. The van der Waals surface area contributed by atoms with Gasteiger partial charge in [0.1, 0.15) is 17.2 Å². The van der Waals surface area contributed by atoms with Crippen LogP contribution in [-0.2, 0) is 0 Å². The Hall–Kier alpha value is -3.78. The van der Waals surface area contributed by atoms with E-state index in [0.717, 1.165) is 40.7 Å². The van der Waals surface area contributed by atoms with Gasteiger partial charge in [0.2, 0.25) is 0 Å². The van der Waals surface area contributed by atoms with Gasteiger partial charge in [-0.2, -0.15) is 0 Å². The Bertz CT molecular complexity index is 1440. The fourth-order valence-corrected chi connectivity index (χ4v) is 4.26. The molecule has 0 aliphatic carbocycles. The van der Waals surface area contributed by atoms with Crippen molar-refractivity contribution in [1.29, 1.82) is 0 Å². The summed E-state index contributed by atoms with van der Waals surface area (Å²) in [5.41, 5.74) is 2.83. The van der Waals surface area contributed by atoms with Crippen molar-refractivity contribution in [2.45, 2.75) is 12.8 Å². The van der Waals surface area contributed by atoms with Gasteiger partial charge in [0.25, 0.3) is 5.91 Å². The summed E-state index contributed by atoms with van der Waals surface area (Å²) in [6, 6.07) is 20.4. The minimum atomic E-state index is -0.204. The number of nitrogens with one attached hydrogen (secondary N) is 2. The van der Waals surface area contributed by atoms with E-state index in [-0.39, 0.29) is 11.7 Å². The third-order valence-corrected chi connectivity index (χ3v) is 6.21. The summed E-state index contributed by atoms with van der Waals surface area (Å²) in [7, 11) is 0. The number of benzene rings is 2. The molecule has 2 aromatic carbocycles. The zero-order chi connectivity index (χ0) is 23.5. The second-order valence-corrected chi connectivity index (χ2v) is 8.79. The predicted molar refractivity (Wildman–Crippen MR) is 136 cm³/mol. The van der Waals surface area contributed by atoms with E-state index in [4.69, 9.17) is 9.40 Å². The number of phenolic OH excluding ortho intramolecular Hbond substituents is 1. The molecule has 172 valence electrons. The van der Waals surface area contributed by atoms with E-state index >= 15 is 0 Å². The number of hydrogen-bond donors (Lipinski definition) is 3. The van der Waals surface area contributed by atoms with E-state index in [1.165, 1.54) is 0 Å². The minimum Gasteiger partial charge on any atom is -0.507 e. The summed E-state index contributed by atoms with van der Waals surface area (Å²) in [5, 5.41) is 17.6. The first-order chi connectivity index (χ1) is 16.6. The third-order valence-electron chi connectivity index (χ3n) is 5.60. The fourth-order valence-electron chi connectivity index (χ4n) is 3.86. The summed E-state index contributed by atoms with van der Waals surface area (Å²) in [6.45, 7) is 1.27. The van der Waals surface area contributed by atoms with Gasteiger partial charge in [0.05, 0.1) is 10.2 Å². The first-order valence-corrected chi connectivity index (χ1v) is 11.9. The van der Waals surface area contributed by atoms with Gasteiger partial charge >= 0.3 is 0 Å². The predicted octanol–water partition coefficient (Wildman–Crippen LogP) is 5.84. The van der Waals surface area contributed by atoms with Crippen LogP contribution in [0.1, 0.15) is 23.4 Å². The number of carbonyl (C=O) groups excluding carboxylic acids is 1. The van der Waals surface area contributed by atoms with Crippen LogP contribution in [-0.4, -0.2) is 33.5 Å². The van der Waals surface area contributed by atoms with Gasteiger partial charge in [-0.1, -0.05) is 30.3 Å². The van der Waals surface area contributed by atoms with Gasteiger partial charge in [0, 0.05) is 36.3 Å². The smallest absolute Gasteiger partial charge is 0.287 e. The molecule has 0 saturated carbocycles. The zero-order valence-electron chi connectivity index (χ0n) is 18.3. The average molecular weight is 519 g/mol. The topological polar surface area (TPSA) is 91.8 Å². The largest absolute Gasteiger partial charge is 0.507 e. The second kappa shape index (κ2) is 9.61. The van der Waals surface area contributed by atoms with E-state index in [1.54, 1.807) is 18.2 Å². The van der Waals surface area contributed by atoms with Gasteiger partial charge in [-0.3, -0.25) is 9.20 Å². The molecule has 5 aromatic rings. The monoisotopic (exact) mass is 518 g/mol. The summed E-state index contributed by atoms with van der Waals surface area (Å²) in [4.78, 5) is 17.1. The van der Waals surface area contributed by atoms with E-state index < -0.39 is 0 Å². The molecule has 0 radical (unpaired) electrons. The van der Waals surface area contributed by atoms with Crippen molar-refractivity contribution >= 4 is 44.3 Å². The van der Waals surface area contributed by atoms with Crippen molar-refractivity contribution < 1.29 is 14.3 Å². The highest BCUT2D eigenvalue weighted by Gasteiger charge is 2.13. The maximum atomic E-state index is 12.4. The van der Waals surface area contributed by atoms with Crippen LogP contribution in [0.3, 0.4) is 0 Å². The number of halogens is 1. The molecule has 0 bridgehead atoms. The summed E-state index contributed by atoms with van der Waals surface area (Å²) in [5.74, 6) is 1.19.